The highest BCUT2D eigenvalue weighted by Gasteiger charge is 2.44. The van der Waals surface area contributed by atoms with Gasteiger partial charge in [-0.15, -0.1) is 20.1 Å². The predicted octanol–water partition coefficient (Wildman–Crippen LogP) is 7.49. The van der Waals surface area contributed by atoms with Crippen LogP contribution in [0.5, 0.6) is 11.5 Å². The van der Waals surface area contributed by atoms with Crippen LogP contribution in [0.4, 0.5) is 13.6 Å². The Kier molecular flexibility index (Phi) is 7.87. The van der Waals surface area contributed by atoms with Gasteiger partial charge in [-0.3, -0.25) is 4.57 Å². The number of rotatable bonds is 6. The number of halogens is 2. The Morgan fingerprint density at radius 3 is 2.60 bits per heavy atom. The van der Waals surface area contributed by atoms with E-state index in [2.05, 4.69) is 42.6 Å². The summed E-state index contributed by atoms with van der Waals surface area (Å²) < 4.78 is 45.3. The molecule has 42 heavy (non-hydrogen) atoms. The first kappa shape index (κ1) is 28.9. The van der Waals surface area contributed by atoms with E-state index >= 15 is 0 Å². The van der Waals surface area contributed by atoms with Gasteiger partial charge in [0.1, 0.15) is 0 Å². The molecule has 3 atom stereocenters. The van der Waals surface area contributed by atoms with Crippen molar-refractivity contribution in [3.8, 4) is 17.2 Å². The SMILES string of the molecule is CC(C)C1CCC(C)(OCc2ccccc2)CC1c1cn(-c2ccc3c(c2)OC(F)(F)O3)/c(=N/C(=O)N2CCCC2)s1. The summed E-state index contributed by atoms with van der Waals surface area (Å²) in [7, 11) is 0. The first-order valence-electron chi connectivity index (χ1n) is 14.7. The third kappa shape index (κ3) is 6.10. The number of likely N-dealkylation sites (tertiary alicyclic amines) is 1. The minimum Gasteiger partial charge on any atom is -0.395 e. The number of alkyl halides is 2. The summed E-state index contributed by atoms with van der Waals surface area (Å²) in [5.41, 5.74) is 1.41. The third-order valence-corrected chi connectivity index (χ3v) is 9.84. The summed E-state index contributed by atoms with van der Waals surface area (Å²) in [6.45, 7) is 8.64. The molecule has 3 aromatic rings. The molecule has 2 fully saturated rings. The van der Waals surface area contributed by atoms with Crippen LogP contribution in [0.1, 0.15) is 69.2 Å². The quantitative estimate of drug-likeness (QED) is 0.295. The maximum atomic E-state index is 13.8. The first-order valence-corrected chi connectivity index (χ1v) is 15.5. The number of carbonyl (C=O) groups is 1. The van der Waals surface area contributed by atoms with Crippen LogP contribution in [0.15, 0.2) is 59.7 Å². The van der Waals surface area contributed by atoms with Gasteiger partial charge in [-0.25, -0.2) is 4.79 Å². The number of ether oxygens (including phenoxy) is 3. The minimum atomic E-state index is -3.71. The monoisotopic (exact) mass is 597 g/mol. The Labute approximate surface area is 248 Å². The second-order valence-corrected chi connectivity index (χ2v) is 13.2. The number of hydrogen-bond acceptors (Lipinski definition) is 5. The van der Waals surface area contributed by atoms with Gasteiger partial charge in [0.05, 0.1) is 17.9 Å². The number of carbonyl (C=O) groups excluding carboxylic acids is 1. The Hall–Kier alpha value is -3.24. The van der Waals surface area contributed by atoms with Crippen LogP contribution in [0.2, 0.25) is 0 Å². The molecule has 3 unspecified atom stereocenters. The number of aromatic nitrogens is 1. The molecule has 2 amide bonds. The fourth-order valence-electron chi connectivity index (χ4n) is 6.41. The number of fused-ring (bicyclic) bond motifs is 1. The Morgan fingerprint density at radius 1 is 1.12 bits per heavy atom. The van der Waals surface area contributed by atoms with Crippen molar-refractivity contribution in [3.63, 3.8) is 0 Å². The number of thiazole rings is 1. The van der Waals surface area contributed by atoms with Crippen molar-refractivity contribution in [1.29, 1.82) is 0 Å². The van der Waals surface area contributed by atoms with E-state index in [1.54, 1.807) is 11.0 Å². The zero-order chi connectivity index (χ0) is 29.5. The van der Waals surface area contributed by atoms with Crippen LogP contribution in [-0.2, 0) is 11.3 Å². The van der Waals surface area contributed by atoms with Gasteiger partial charge in [-0.1, -0.05) is 44.2 Å². The molecule has 0 spiro atoms. The van der Waals surface area contributed by atoms with Crippen LogP contribution >= 0.6 is 11.3 Å². The largest absolute Gasteiger partial charge is 0.586 e. The number of urea groups is 1. The smallest absolute Gasteiger partial charge is 0.395 e. The normalized spacial score (nSPS) is 25.4. The van der Waals surface area contributed by atoms with Crippen molar-refractivity contribution in [2.75, 3.05) is 13.1 Å². The molecule has 1 saturated carbocycles. The van der Waals surface area contributed by atoms with Crippen LogP contribution in [0, 0.1) is 11.8 Å². The molecule has 1 aliphatic carbocycles. The van der Waals surface area contributed by atoms with E-state index in [1.165, 1.54) is 23.5 Å². The Balaban J connectivity index is 1.36. The van der Waals surface area contributed by atoms with E-state index in [0.29, 0.717) is 42.0 Å². The molecule has 2 aliphatic heterocycles. The molecule has 1 aromatic heterocycles. The molecule has 6 rings (SSSR count). The summed E-state index contributed by atoms with van der Waals surface area (Å²) in [4.78, 5) is 21.1. The van der Waals surface area contributed by atoms with E-state index < -0.39 is 6.29 Å². The van der Waals surface area contributed by atoms with Crippen molar-refractivity contribution in [3.05, 3.63) is 70.0 Å². The van der Waals surface area contributed by atoms with E-state index in [0.717, 1.165) is 42.5 Å². The fraction of sp³-hybridized carbons (Fsp3) is 0.500. The molecule has 2 aromatic carbocycles. The minimum absolute atomic E-state index is 0.0232. The van der Waals surface area contributed by atoms with E-state index in [-0.39, 0.29) is 29.0 Å². The summed E-state index contributed by atoms with van der Waals surface area (Å²) >= 11 is 1.49. The van der Waals surface area contributed by atoms with Crippen LogP contribution in [0.25, 0.3) is 5.69 Å². The van der Waals surface area contributed by atoms with Gasteiger partial charge in [0, 0.05) is 36.1 Å². The van der Waals surface area contributed by atoms with Gasteiger partial charge >= 0.3 is 12.3 Å². The van der Waals surface area contributed by atoms with Gasteiger partial charge in [0.25, 0.3) is 0 Å². The molecule has 0 radical (unpaired) electrons. The fourth-order valence-corrected chi connectivity index (χ4v) is 7.57. The second kappa shape index (κ2) is 11.4. The molecule has 1 saturated heterocycles. The summed E-state index contributed by atoms with van der Waals surface area (Å²) in [6.07, 6.45) is 3.05. The molecule has 3 heterocycles. The third-order valence-electron chi connectivity index (χ3n) is 8.73. The Bertz CT molecular complexity index is 1500. The highest BCUT2D eigenvalue weighted by molar-refractivity contribution is 7.09. The molecule has 0 bridgehead atoms. The van der Waals surface area contributed by atoms with Crippen LogP contribution in [-0.4, -0.2) is 40.5 Å². The van der Waals surface area contributed by atoms with Crippen molar-refractivity contribution in [2.45, 2.75) is 77.3 Å². The zero-order valence-corrected chi connectivity index (χ0v) is 25.0. The number of amides is 2. The van der Waals surface area contributed by atoms with Crippen molar-refractivity contribution < 1.29 is 27.8 Å². The van der Waals surface area contributed by atoms with Gasteiger partial charge in [0.2, 0.25) is 0 Å². The average molecular weight is 598 g/mol. The molecule has 224 valence electrons. The lowest BCUT2D eigenvalue weighted by atomic mass is 9.68. The number of hydrogen-bond donors (Lipinski definition) is 0. The standard InChI is InChI=1S/C32H37F2N3O4S/c1-21(2)24-13-14-31(3,39-20-22-9-5-4-6-10-22)18-25(24)28-19-37(30(42-28)35-29(38)36-15-7-8-16-36)23-11-12-26-27(17-23)41-32(33,34)40-26/h4-6,9-12,17,19,21,24-25H,7-8,13-16,18,20H2,1-3H3/b35-30-. The molecule has 0 N–H and O–H groups in total. The summed E-state index contributed by atoms with van der Waals surface area (Å²) in [5, 5.41) is 0. The molecule has 3 aliphatic rings. The summed E-state index contributed by atoms with van der Waals surface area (Å²) in [6, 6.07) is 14.6. The number of nitrogens with zero attached hydrogens (tertiary/aromatic N) is 3. The van der Waals surface area contributed by atoms with Crippen LogP contribution in [0.3, 0.4) is 0 Å². The lowest BCUT2D eigenvalue weighted by Crippen LogP contribution is -2.39. The molecular weight excluding hydrogens is 560 g/mol. The van der Waals surface area contributed by atoms with Gasteiger partial charge in [0.15, 0.2) is 16.3 Å². The molecular formula is C32H37F2N3O4S. The van der Waals surface area contributed by atoms with Crippen molar-refractivity contribution >= 4 is 17.4 Å². The maximum Gasteiger partial charge on any atom is 0.586 e. The van der Waals surface area contributed by atoms with Gasteiger partial charge < -0.3 is 19.1 Å². The lowest BCUT2D eigenvalue weighted by molar-refractivity contribution is -0.286. The van der Waals surface area contributed by atoms with Gasteiger partial charge in [-0.05, 0) is 68.6 Å². The van der Waals surface area contributed by atoms with E-state index in [9.17, 15) is 13.6 Å². The van der Waals surface area contributed by atoms with Crippen molar-refractivity contribution in [2.24, 2.45) is 16.8 Å². The average Bonchev–Trinajstić information content (AvgIpc) is 3.70. The van der Waals surface area contributed by atoms with Crippen molar-refractivity contribution in [1.82, 2.24) is 9.47 Å². The topological polar surface area (TPSA) is 65.3 Å². The summed E-state index contributed by atoms with van der Waals surface area (Å²) in [5.74, 6) is 0.978. The highest BCUT2D eigenvalue weighted by Crippen LogP contribution is 2.48. The number of benzene rings is 2. The predicted molar refractivity (Wildman–Crippen MR) is 156 cm³/mol. The van der Waals surface area contributed by atoms with E-state index in [4.69, 9.17) is 9.47 Å². The van der Waals surface area contributed by atoms with Gasteiger partial charge in [-0.2, -0.15) is 4.99 Å². The zero-order valence-electron chi connectivity index (χ0n) is 24.2. The molecule has 10 heteroatoms. The lowest BCUT2D eigenvalue weighted by Gasteiger charge is -2.44. The molecule has 7 nitrogen and oxygen atoms in total. The van der Waals surface area contributed by atoms with Crippen LogP contribution < -0.4 is 14.3 Å². The second-order valence-electron chi connectivity index (χ2n) is 12.2. The Morgan fingerprint density at radius 2 is 1.86 bits per heavy atom. The van der Waals surface area contributed by atoms with E-state index in [1.807, 2.05) is 29.0 Å². The first-order chi connectivity index (χ1) is 20.1. The maximum absolute atomic E-state index is 13.8. The highest BCUT2D eigenvalue weighted by atomic mass is 32.1.